The van der Waals surface area contributed by atoms with Crippen LogP contribution in [-0.2, 0) is 0 Å². The number of H-pyrrole nitrogens is 1. The van der Waals surface area contributed by atoms with Crippen molar-refractivity contribution in [1.82, 2.24) is 9.97 Å². The predicted molar refractivity (Wildman–Crippen MR) is 65.1 cm³/mol. The Hall–Kier alpha value is -3.03. The molecule has 0 fully saturated rings. The van der Waals surface area contributed by atoms with E-state index in [2.05, 4.69) is 9.97 Å². The molecule has 2 aromatic heterocycles. The van der Waals surface area contributed by atoms with Gasteiger partial charge in [-0.3, -0.25) is 14.9 Å². The molecule has 0 amide bonds. The summed E-state index contributed by atoms with van der Waals surface area (Å²) in [5, 5.41) is 10.7. The first-order valence-electron chi connectivity index (χ1n) is 5.16. The lowest BCUT2D eigenvalue weighted by Crippen LogP contribution is -2.15. The summed E-state index contributed by atoms with van der Waals surface area (Å²) < 4.78 is 4.95. The van der Waals surface area contributed by atoms with Gasteiger partial charge in [0.1, 0.15) is 5.58 Å². The van der Waals surface area contributed by atoms with Crippen LogP contribution in [-0.4, -0.2) is 14.9 Å². The number of fused-ring (bicyclic) bond motifs is 3. The second-order valence-electron chi connectivity index (χ2n) is 3.78. The summed E-state index contributed by atoms with van der Waals surface area (Å²) in [7, 11) is 0. The Morgan fingerprint density at radius 2 is 2.11 bits per heavy atom. The fraction of sp³-hybridized carbons (Fsp3) is 0. The van der Waals surface area contributed by atoms with Crippen LogP contribution in [0.5, 0.6) is 0 Å². The molecule has 0 unspecified atom stereocenters. The number of benzene rings is 1. The lowest BCUT2D eigenvalue weighted by molar-refractivity contribution is -0.384. The summed E-state index contributed by atoms with van der Waals surface area (Å²) in [6.45, 7) is 0. The van der Waals surface area contributed by atoms with Gasteiger partial charge in [0.05, 0.1) is 22.2 Å². The van der Waals surface area contributed by atoms with Crippen molar-refractivity contribution in [3.05, 3.63) is 55.4 Å². The van der Waals surface area contributed by atoms with Crippen LogP contribution in [0.15, 0.2) is 38.5 Å². The monoisotopic (exact) mass is 259 g/mol. The Morgan fingerprint density at radius 1 is 1.32 bits per heavy atom. The molecule has 1 N–H and O–H groups in total. The number of nitrogens with zero attached hydrogens (tertiary/aromatic N) is 2. The molecule has 0 bridgehead atoms. The van der Waals surface area contributed by atoms with Gasteiger partial charge in [-0.15, -0.1) is 0 Å². The Bertz CT molecular complexity index is 940. The normalized spacial score (nSPS) is 10.9. The maximum absolute atomic E-state index is 11.7. The molecule has 0 aliphatic carbocycles. The molecule has 0 aliphatic heterocycles. The number of nitro benzene ring substituents is 1. The first kappa shape index (κ1) is 11.1. The van der Waals surface area contributed by atoms with Gasteiger partial charge in [-0.25, -0.2) is 9.78 Å². The number of nitrogens with one attached hydrogen (secondary N) is 1. The number of non-ortho nitro benzene ring substituents is 1. The molecule has 0 spiro atoms. The maximum atomic E-state index is 11.7. The SMILES string of the molecule is O=c1[nH]cnc2c1c(=O)oc1ccc([N+](=O)[O-])cc12. The fourth-order valence-electron chi connectivity index (χ4n) is 1.85. The van der Waals surface area contributed by atoms with Crippen LogP contribution in [0.1, 0.15) is 0 Å². The summed E-state index contributed by atoms with van der Waals surface area (Å²) in [5.74, 6) is 0. The fourth-order valence-corrected chi connectivity index (χ4v) is 1.85. The van der Waals surface area contributed by atoms with Crippen LogP contribution in [0.25, 0.3) is 21.9 Å². The molecular formula is C11H5N3O5. The van der Waals surface area contributed by atoms with Gasteiger partial charge in [-0.2, -0.15) is 0 Å². The van der Waals surface area contributed by atoms with Crippen molar-refractivity contribution in [1.29, 1.82) is 0 Å². The van der Waals surface area contributed by atoms with Crippen LogP contribution >= 0.6 is 0 Å². The van der Waals surface area contributed by atoms with Gasteiger partial charge in [0, 0.05) is 12.1 Å². The van der Waals surface area contributed by atoms with Crippen LogP contribution < -0.4 is 11.2 Å². The molecule has 19 heavy (non-hydrogen) atoms. The zero-order valence-corrected chi connectivity index (χ0v) is 9.25. The largest absolute Gasteiger partial charge is 0.422 e. The standard InChI is InChI=1S/C11H5N3O5/c15-10-8-9(12-4-13-10)6-3-5(14(17)18)1-2-7(6)19-11(8)16/h1-4H,(H,12,13,15). The van der Waals surface area contributed by atoms with E-state index in [1.807, 2.05) is 0 Å². The first-order chi connectivity index (χ1) is 9.08. The van der Waals surface area contributed by atoms with Crippen molar-refractivity contribution in [3.8, 4) is 0 Å². The molecule has 0 aliphatic rings. The third kappa shape index (κ3) is 1.58. The summed E-state index contributed by atoms with van der Waals surface area (Å²) in [4.78, 5) is 39.6. The molecule has 0 saturated carbocycles. The van der Waals surface area contributed by atoms with Crippen LogP contribution in [0.4, 0.5) is 5.69 Å². The van der Waals surface area contributed by atoms with Crippen LogP contribution in [0, 0.1) is 10.1 Å². The summed E-state index contributed by atoms with van der Waals surface area (Å²) in [6.07, 6.45) is 1.13. The van der Waals surface area contributed by atoms with Crippen molar-refractivity contribution in [2.24, 2.45) is 0 Å². The number of hydrogen-bond acceptors (Lipinski definition) is 6. The number of rotatable bonds is 1. The minimum atomic E-state index is -0.828. The number of aromatic amines is 1. The van der Waals surface area contributed by atoms with Crippen molar-refractivity contribution in [2.75, 3.05) is 0 Å². The smallest absolute Gasteiger partial charge is 0.351 e. The molecule has 94 valence electrons. The molecule has 0 saturated heterocycles. The van der Waals surface area contributed by atoms with E-state index in [9.17, 15) is 19.7 Å². The predicted octanol–water partition coefficient (Wildman–Crippen LogP) is 0.938. The van der Waals surface area contributed by atoms with Crippen molar-refractivity contribution in [3.63, 3.8) is 0 Å². The van der Waals surface area contributed by atoms with Crippen LogP contribution in [0.3, 0.4) is 0 Å². The van der Waals surface area contributed by atoms with E-state index in [1.54, 1.807) is 0 Å². The van der Waals surface area contributed by atoms with Gasteiger partial charge in [0.25, 0.3) is 11.2 Å². The van der Waals surface area contributed by atoms with E-state index >= 15 is 0 Å². The van der Waals surface area contributed by atoms with Gasteiger partial charge in [-0.05, 0) is 6.07 Å². The Morgan fingerprint density at radius 3 is 2.84 bits per heavy atom. The lowest BCUT2D eigenvalue weighted by Gasteiger charge is -2.00. The Labute approximate surface area is 103 Å². The second kappa shape index (κ2) is 3.73. The van der Waals surface area contributed by atoms with Crippen molar-refractivity contribution in [2.45, 2.75) is 0 Å². The maximum Gasteiger partial charge on any atom is 0.351 e. The third-order valence-corrected chi connectivity index (χ3v) is 2.69. The molecule has 8 heteroatoms. The van der Waals surface area contributed by atoms with Crippen LogP contribution in [0.2, 0.25) is 0 Å². The minimum Gasteiger partial charge on any atom is -0.422 e. The van der Waals surface area contributed by atoms with Gasteiger partial charge in [-0.1, -0.05) is 0 Å². The van der Waals surface area contributed by atoms with E-state index in [-0.39, 0.29) is 27.6 Å². The van der Waals surface area contributed by atoms with E-state index in [0.717, 1.165) is 6.33 Å². The molecule has 2 heterocycles. The molecule has 3 rings (SSSR count). The zero-order valence-electron chi connectivity index (χ0n) is 9.25. The highest BCUT2D eigenvalue weighted by Gasteiger charge is 2.14. The second-order valence-corrected chi connectivity index (χ2v) is 3.78. The number of aromatic nitrogens is 2. The van der Waals surface area contributed by atoms with E-state index in [4.69, 9.17) is 4.42 Å². The molecule has 0 radical (unpaired) electrons. The Balaban J connectivity index is 2.60. The van der Waals surface area contributed by atoms with Gasteiger partial charge in [0.2, 0.25) is 0 Å². The van der Waals surface area contributed by atoms with E-state index in [1.165, 1.54) is 18.2 Å². The third-order valence-electron chi connectivity index (χ3n) is 2.69. The Kier molecular flexibility index (Phi) is 2.18. The van der Waals surface area contributed by atoms with E-state index in [0.29, 0.717) is 0 Å². The van der Waals surface area contributed by atoms with E-state index < -0.39 is 16.1 Å². The highest BCUT2D eigenvalue weighted by Crippen LogP contribution is 2.23. The number of nitro groups is 1. The first-order valence-corrected chi connectivity index (χ1v) is 5.16. The summed E-state index contributed by atoms with van der Waals surface area (Å²) >= 11 is 0. The van der Waals surface area contributed by atoms with Crippen molar-refractivity contribution >= 4 is 27.6 Å². The molecule has 3 aromatic rings. The molecule has 8 nitrogen and oxygen atoms in total. The quantitative estimate of drug-likeness (QED) is 0.300. The molecule has 1 aromatic carbocycles. The van der Waals surface area contributed by atoms with Gasteiger partial charge in [0.15, 0.2) is 5.39 Å². The minimum absolute atomic E-state index is 0.0821. The summed E-state index contributed by atoms with van der Waals surface area (Å²) in [5.41, 5.74) is -1.43. The summed E-state index contributed by atoms with van der Waals surface area (Å²) in [6, 6.07) is 3.73. The average molecular weight is 259 g/mol. The highest BCUT2D eigenvalue weighted by atomic mass is 16.6. The number of hydrogen-bond donors (Lipinski definition) is 1. The topological polar surface area (TPSA) is 119 Å². The average Bonchev–Trinajstić information content (AvgIpc) is 2.38. The highest BCUT2D eigenvalue weighted by molar-refractivity contribution is 6.01. The molecule has 0 atom stereocenters. The van der Waals surface area contributed by atoms with Crippen molar-refractivity contribution < 1.29 is 9.34 Å². The zero-order chi connectivity index (χ0) is 13.6. The van der Waals surface area contributed by atoms with Gasteiger partial charge >= 0.3 is 5.63 Å². The lowest BCUT2D eigenvalue weighted by atomic mass is 10.1. The van der Waals surface area contributed by atoms with Gasteiger partial charge < -0.3 is 9.40 Å². The molecular weight excluding hydrogens is 254 g/mol.